The Hall–Kier alpha value is -1.90. The van der Waals surface area contributed by atoms with Gasteiger partial charge in [0.05, 0.1) is 6.10 Å². The van der Waals surface area contributed by atoms with Gasteiger partial charge in [0.25, 0.3) is 0 Å². The van der Waals surface area contributed by atoms with Crippen molar-refractivity contribution in [2.75, 3.05) is 5.32 Å². The molecule has 3 heteroatoms. The number of hydrogen-bond donors (Lipinski definition) is 1. The Morgan fingerprint density at radius 3 is 2.63 bits per heavy atom. The highest BCUT2D eigenvalue weighted by Gasteiger charge is 2.03. The first-order valence-corrected chi connectivity index (χ1v) is 6.66. The van der Waals surface area contributed by atoms with E-state index in [2.05, 4.69) is 47.4 Å². The van der Waals surface area contributed by atoms with Crippen molar-refractivity contribution in [2.45, 2.75) is 33.4 Å². The Morgan fingerprint density at radius 2 is 2.05 bits per heavy atom. The molecule has 0 fully saturated rings. The van der Waals surface area contributed by atoms with Crippen molar-refractivity contribution < 1.29 is 4.74 Å². The van der Waals surface area contributed by atoms with Crippen LogP contribution in [0.4, 0.5) is 5.69 Å². The minimum atomic E-state index is 0.211. The monoisotopic (exact) mass is 258 g/mol. The van der Waals surface area contributed by atoms with Crippen LogP contribution in [0, 0.1) is 6.92 Å². The first-order valence-electron chi connectivity index (χ1n) is 6.66. The Balaban J connectivity index is 2.00. The fourth-order valence-electron chi connectivity index (χ4n) is 2.04. The number of benzene rings is 1. The van der Waals surface area contributed by atoms with E-state index in [1.807, 2.05) is 27.0 Å². The quantitative estimate of drug-likeness (QED) is 0.884. The summed E-state index contributed by atoms with van der Waals surface area (Å²) in [6.45, 7) is 7.01. The summed E-state index contributed by atoms with van der Waals surface area (Å²) in [7, 11) is 2.03. The zero-order valence-electron chi connectivity index (χ0n) is 12.1. The molecule has 0 saturated carbocycles. The van der Waals surface area contributed by atoms with Gasteiger partial charge in [0.15, 0.2) is 0 Å². The summed E-state index contributed by atoms with van der Waals surface area (Å²) in [6, 6.07) is 8.29. The Morgan fingerprint density at radius 1 is 1.26 bits per heavy atom. The van der Waals surface area contributed by atoms with Crippen molar-refractivity contribution in [2.24, 2.45) is 7.05 Å². The average Bonchev–Trinajstić information content (AvgIpc) is 2.73. The number of aryl methyl sites for hydroxylation is 2. The molecule has 0 atom stereocenters. The molecule has 0 aliphatic carbocycles. The lowest BCUT2D eigenvalue weighted by Gasteiger charge is -2.13. The molecular formula is C16H22N2O. The molecule has 1 aromatic heterocycles. The maximum Gasteiger partial charge on any atom is 0.120 e. The molecule has 19 heavy (non-hydrogen) atoms. The van der Waals surface area contributed by atoms with Gasteiger partial charge in [0.1, 0.15) is 5.75 Å². The van der Waals surface area contributed by atoms with Gasteiger partial charge < -0.3 is 14.6 Å². The van der Waals surface area contributed by atoms with Crippen LogP contribution in [0.3, 0.4) is 0 Å². The Bertz CT molecular complexity index is 543. The number of anilines is 1. The van der Waals surface area contributed by atoms with Crippen LogP contribution in [0.25, 0.3) is 0 Å². The molecule has 0 aliphatic rings. The van der Waals surface area contributed by atoms with Crippen LogP contribution in [-0.2, 0) is 13.6 Å². The zero-order valence-corrected chi connectivity index (χ0v) is 12.1. The van der Waals surface area contributed by atoms with Crippen molar-refractivity contribution in [3.63, 3.8) is 0 Å². The highest BCUT2D eigenvalue weighted by Crippen LogP contribution is 2.22. The lowest BCUT2D eigenvalue weighted by Crippen LogP contribution is -2.06. The Kier molecular flexibility index (Phi) is 4.15. The van der Waals surface area contributed by atoms with Crippen LogP contribution in [-0.4, -0.2) is 10.7 Å². The molecular weight excluding hydrogens is 236 g/mol. The van der Waals surface area contributed by atoms with E-state index in [-0.39, 0.29) is 6.10 Å². The van der Waals surface area contributed by atoms with Crippen LogP contribution in [0.2, 0.25) is 0 Å². The predicted molar refractivity (Wildman–Crippen MR) is 79.7 cm³/mol. The fourth-order valence-corrected chi connectivity index (χ4v) is 2.04. The lowest BCUT2D eigenvalue weighted by atomic mass is 10.2. The molecule has 1 N–H and O–H groups in total. The van der Waals surface area contributed by atoms with Gasteiger partial charge in [-0.3, -0.25) is 0 Å². The molecule has 0 unspecified atom stereocenters. The van der Waals surface area contributed by atoms with Gasteiger partial charge in [-0.1, -0.05) is 0 Å². The molecule has 0 aliphatic heterocycles. The third kappa shape index (κ3) is 3.78. The molecule has 102 valence electrons. The maximum absolute atomic E-state index is 5.69. The highest BCUT2D eigenvalue weighted by molar-refractivity contribution is 5.53. The molecule has 2 aromatic rings. The van der Waals surface area contributed by atoms with Gasteiger partial charge in [-0.05, 0) is 56.2 Å². The summed E-state index contributed by atoms with van der Waals surface area (Å²) >= 11 is 0. The van der Waals surface area contributed by atoms with E-state index < -0.39 is 0 Å². The summed E-state index contributed by atoms with van der Waals surface area (Å²) in [5.74, 6) is 0.928. The van der Waals surface area contributed by atoms with Crippen molar-refractivity contribution in [1.29, 1.82) is 0 Å². The molecule has 0 amide bonds. The first kappa shape index (κ1) is 13.5. The maximum atomic E-state index is 5.69. The summed E-state index contributed by atoms with van der Waals surface area (Å²) in [5, 5.41) is 3.45. The number of nitrogens with one attached hydrogen (secondary N) is 1. The van der Waals surface area contributed by atoms with Crippen molar-refractivity contribution in [3.8, 4) is 5.75 Å². The van der Waals surface area contributed by atoms with Crippen molar-refractivity contribution in [1.82, 2.24) is 4.57 Å². The SMILES string of the molecule is Cc1cc(OC(C)C)ccc1NCc1ccn(C)c1. The Labute approximate surface area is 115 Å². The molecule has 1 aromatic carbocycles. The minimum Gasteiger partial charge on any atom is -0.491 e. The van der Waals surface area contributed by atoms with Gasteiger partial charge >= 0.3 is 0 Å². The fraction of sp³-hybridized carbons (Fsp3) is 0.375. The first-order chi connectivity index (χ1) is 9.04. The molecule has 0 bridgehead atoms. The number of ether oxygens (including phenoxy) is 1. The lowest BCUT2D eigenvalue weighted by molar-refractivity contribution is 0.242. The number of aromatic nitrogens is 1. The predicted octanol–water partition coefficient (Wildman–Crippen LogP) is 3.73. The van der Waals surface area contributed by atoms with Crippen LogP contribution < -0.4 is 10.1 Å². The summed E-state index contributed by atoms with van der Waals surface area (Å²) in [6.07, 6.45) is 4.39. The summed E-state index contributed by atoms with van der Waals surface area (Å²) in [5.41, 5.74) is 3.64. The standard InChI is InChI=1S/C16H22N2O/c1-12(2)19-15-5-6-16(13(3)9-15)17-10-14-7-8-18(4)11-14/h5-9,11-12,17H,10H2,1-4H3. The van der Waals surface area contributed by atoms with E-state index in [0.29, 0.717) is 0 Å². The molecule has 3 nitrogen and oxygen atoms in total. The number of rotatable bonds is 5. The number of nitrogens with zero attached hydrogens (tertiary/aromatic N) is 1. The van der Waals surface area contributed by atoms with Gasteiger partial charge in [-0.25, -0.2) is 0 Å². The summed E-state index contributed by atoms with van der Waals surface area (Å²) < 4.78 is 7.74. The highest BCUT2D eigenvalue weighted by atomic mass is 16.5. The topological polar surface area (TPSA) is 26.2 Å². The van der Waals surface area contributed by atoms with E-state index in [4.69, 9.17) is 4.74 Å². The molecule has 1 heterocycles. The third-order valence-electron chi connectivity index (χ3n) is 2.95. The van der Waals surface area contributed by atoms with E-state index in [1.165, 1.54) is 11.1 Å². The van der Waals surface area contributed by atoms with Gasteiger partial charge in [-0.15, -0.1) is 0 Å². The average molecular weight is 258 g/mol. The van der Waals surface area contributed by atoms with E-state index >= 15 is 0 Å². The van der Waals surface area contributed by atoms with Crippen LogP contribution in [0.1, 0.15) is 25.0 Å². The van der Waals surface area contributed by atoms with E-state index in [9.17, 15) is 0 Å². The second-order valence-corrected chi connectivity index (χ2v) is 5.18. The van der Waals surface area contributed by atoms with Crippen molar-refractivity contribution in [3.05, 3.63) is 47.8 Å². The normalized spacial score (nSPS) is 10.8. The zero-order chi connectivity index (χ0) is 13.8. The number of hydrogen-bond acceptors (Lipinski definition) is 2. The van der Waals surface area contributed by atoms with Crippen LogP contribution in [0.15, 0.2) is 36.7 Å². The van der Waals surface area contributed by atoms with E-state index in [0.717, 1.165) is 18.0 Å². The van der Waals surface area contributed by atoms with Gasteiger partial charge in [-0.2, -0.15) is 0 Å². The summed E-state index contributed by atoms with van der Waals surface area (Å²) in [4.78, 5) is 0. The van der Waals surface area contributed by atoms with Crippen LogP contribution >= 0.6 is 0 Å². The minimum absolute atomic E-state index is 0.211. The smallest absolute Gasteiger partial charge is 0.120 e. The second-order valence-electron chi connectivity index (χ2n) is 5.18. The van der Waals surface area contributed by atoms with Crippen LogP contribution in [0.5, 0.6) is 5.75 Å². The molecule has 0 radical (unpaired) electrons. The van der Waals surface area contributed by atoms with Gasteiger partial charge in [0.2, 0.25) is 0 Å². The third-order valence-corrected chi connectivity index (χ3v) is 2.95. The molecule has 0 spiro atoms. The molecule has 0 saturated heterocycles. The van der Waals surface area contributed by atoms with Gasteiger partial charge in [0, 0.05) is 31.7 Å². The molecule has 2 rings (SSSR count). The van der Waals surface area contributed by atoms with Crippen molar-refractivity contribution >= 4 is 5.69 Å². The second kappa shape index (κ2) is 5.83. The largest absolute Gasteiger partial charge is 0.491 e. The van der Waals surface area contributed by atoms with E-state index in [1.54, 1.807) is 0 Å².